The lowest BCUT2D eigenvalue weighted by Gasteiger charge is -1.82. The highest BCUT2D eigenvalue weighted by Gasteiger charge is 1.82. The van der Waals surface area contributed by atoms with Crippen molar-refractivity contribution in [1.29, 1.82) is 0 Å². The zero-order valence-electron chi connectivity index (χ0n) is 3.90. The van der Waals surface area contributed by atoms with Crippen LogP contribution < -0.4 is 0 Å². The van der Waals surface area contributed by atoms with E-state index >= 15 is 0 Å². The van der Waals surface area contributed by atoms with Crippen LogP contribution in [-0.2, 0) is 0 Å². The molecule has 0 saturated heterocycles. The first kappa shape index (κ1) is 8.50. The van der Waals surface area contributed by atoms with Crippen LogP contribution in [-0.4, -0.2) is 11.7 Å². The molecule has 0 radical (unpaired) electrons. The molecule has 0 aromatic carbocycles. The van der Waals surface area contributed by atoms with Gasteiger partial charge in [-0.3, -0.25) is 0 Å². The molecule has 0 aliphatic heterocycles. The summed E-state index contributed by atoms with van der Waals surface area (Å²) in [5.41, 5.74) is 0. The Morgan fingerprint density at radius 3 is 2.88 bits per heavy atom. The molecule has 0 fully saturated rings. The van der Waals surface area contributed by atoms with E-state index in [4.69, 9.17) is 0 Å². The molecule has 0 aromatic heterocycles. The molecule has 0 rings (SSSR count). The maximum Gasteiger partial charge on any atom is 0.0813 e. The highest BCUT2D eigenvalue weighted by Crippen LogP contribution is 2.06. The molecule has 1 nitrogen and oxygen atoms in total. The molecular weight excluding hydrogens is 254 g/mol. The van der Waals surface area contributed by atoms with Crippen LogP contribution in [0, 0.1) is 0 Å². The molecule has 44 valence electrons. The van der Waals surface area contributed by atoms with Crippen molar-refractivity contribution in [2.75, 3.05) is 6.54 Å². The first-order valence-electron chi connectivity index (χ1n) is 1.79. The Balaban J connectivity index is 3.55. The third-order valence-electron chi connectivity index (χ3n) is 0.413. The molecule has 0 spiro atoms. The standard InChI is InChI=1S/C4H3Br2NS/c5-1-4(6)2-7-3-8/h1H,2H2/b4-1-. The first-order valence-corrected chi connectivity index (χ1v) is 3.91. The van der Waals surface area contributed by atoms with Crippen LogP contribution in [0.4, 0.5) is 0 Å². The number of nitrogens with zero attached hydrogens (tertiary/aromatic N) is 1. The molecule has 0 bridgehead atoms. The summed E-state index contributed by atoms with van der Waals surface area (Å²) in [6, 6.07) is 0. The van der Waals surface area contributed by atoms with Crippen LogP contribution in [0.25, 0.3) is 0 Å². The molecule has 0 heterocycles. The van der Waals surface area contributed by atoms with Gasteiger partial charge in [-0.15, -0.1) is 0 Å². The summed E-state index contributed by atoms with van der Waals surface area (Å²) in [7, 11) is 0. The predicted molar refractivity (Wildman–Crippen MR) is 45.8 cm³/mol. The molecule has 0 amide bonds. The average Bonchev–Trinajstić information content (AvgIpc) is 1.83. The predicted octanol–water partition coefficient (Wildman–Crippen LogP) is 2.72. The fourth-order valence-corrected chi connectivity index (χ4v) is 0.477. The third kappa shape index (κ3) is 4.65. The van der Waals surface area contributed by atoms with Gasteiger partial charge < -0.3 is 0 Å². The number of aliphatic imine (C=N–C) groups is 1. The fourth-order valence-electron chi connectivity index (χ4n) is 0.142. The fraction of sp³-hybridized carbons (Fsp3) is 0.250. The topological polar surface area (TPSA) is 12.4 Å². The summed E-state index contributed by atoms with van der Waals surface area (Å²) in [6.45, 7) is 0.564. The Morgan fingerprint density at radius 2 is 2.50 bits per heavy atom. The normalized spacial score (nSPS) is 10.5. The summed E-state index contributed by atoms with van der Waals surface area (Å²) in [6.07, 6.45) is 0. The number of thiocarbonyl (C=S) groups is 1. The zero-order valence-corrected chi connectivity index (χ0v) is 7.88. The van der Waals surface area contributed by atoms with Gasteiger partial charge >= 0.3 is 0 Å². The molecule has 0 aliphatic carbocycles. The van der Waals surface area contributed by atoms with E-state index in [1.165, 1.54) is 0 Å². The van der Waals surface area contributed by atoms with Gasteiger partial charge in [-0.05, 0) is 17.2 Å². The number of halogens is 2. The van der Waals surface area contributed by atoms with E-state index in [-0.39, 0.29) is 0 Å². The summed E-state index contributed by atoms with van der Waals surface area (Å²) in [5.74, 6) is 0. The van der Waals surface area contributed by atoms with E-state index in [0.717, 1.165) is 4.48 Å². The van der Waals surface area contributed by atoms with Crippen LogP contribution in [0.15, 0.2) is 14.5 Å². The Labute approximate surface area is 70.1 Å². The van der Waals surface area contributed by atoms with Gasteiger partial charge in [0.05, 0.1) is 11.7 Å². The summed E-state index contributed by atoms with van der Waals surface area (Å²) in [5, 5.41) is 2.25. The van der Waals surface area contributed by atoms with Gasteiger partial charge in [0, 0.05) is 4.48 Å². The Morgan fingerprint density at radius 1 is 1.88 bits per heavy atom. The molecular formula is C4H3Br2NS. The van der Waals surface area contributed by atoms with E-state index < -0.39 is 0 Å². The summed E-state index contributed by atoms with van der Waals surface area (Å²) in [4.78, 5) is 5.40. The number of isothiocyanates is 1. The molecule has 0 N–H and O–H groups in total. The molecule has 0 atom stereocenters. The van der Waals surface area contributed by atoms with E-state index in [1.807, 2.05) is 0 Å². The molecule has 4 heteroatoms. The molecule has 0 saturated carbocycles. The minimum atomic E-state index is 0.564. The highest BCUT2D eigenvalue weighted by atomic mass is 79.9. The quantitative estimate of drug-likeness (QED) is 0.547. The third-order valence-corrected chi connectivity index (χ3v) is 2.19. The van der Waals surface area contributed by atoms with Crippen LogP contribution in [0.1, 0.15) is 0 Å². The maximum atomic E-state index is 4.34. The molecule has 8 heavy (non-hydrogen) atoms. The Hall–Kier alpha value is 0.500. The van der Waals surface area contributed by atoms with E-state index in [9.17, 15) is 0 Å². The Kier molecular flexibility index (Phi) is 5.99. The van der Waals surface area contributed by atoms with Crippen LogP contribution in [0.5, 0.6) is 0 Å². The van der Waals surface area contributed by atoms with Crippen molar-refractivity contribution in [3.05, 3.63) is 9.47 Å². The number of hydrogen-bond acceptors (Lipinski definition) is 2. The largest absolute Gasteiger partial charge is 0.227 e. The summed E-state index contributed by atoms with van der Waals surface area (Å²) >= 11 is 10.7. The minimum Gasteiger partial charge on any atom is -0.227 e. The second kappa shape index (κ2) is 5.63. The van der Waals surface area contributed by atoms with Crippen molar-refractivity contribution < 1.29 is 0 Å². The lowest BCUT2D eigenvalue weighted by molar-refractivity contribution is 1.26. The second-order valence-electron chi connectivity index (χ2n) is 0.963. The number of hydrogen-bond donors (Lipinski definition) is 0. The van der Waals surface area contributed by atoms with Crippen molar-refractivity contribution in [3.8, 4) is 0 Å². The van der Waals surface area contributed by atoms with E-state index in [2.05, 4.69) is 54.2 Å². The van der Waals surface area contributed by atoms with Gasteiger partial charge in [-0.2, -0.15) is 0 Å². The minimum absolute atomic E-state index is 0.564. The van der Waals surface area contributed by atoms with E-state index in [0.29, 0.717) is 6.54 Å². The number of rotatable bonds is 2. The van der Waals surface area contributed by atoms with Gasteiger partial charge in [-0.1, -0.05) is 31.9 Å². The van der Waals surface area contributed by atoms with Gasteiger partial charge in [0.1, 0.15) is 0 Å². The van der Waals surface area contributed by atoms with Gasteiger partial charge in [0.25, 0.3) is 0 Å². The lowest BCUT2D eigenvalue weighted by Crippen LogP contribution is -1.73. The van der Waals surface area contributed by atoms with Crippen LogP contribution in [0.2, 0.25) is 0 Å². The lowest BCUT2D eigenvalue weighted by atomic mass is 10.7. The smallest absolute Gasteiger partial charge is 0.0813 e. The van der Waals surface area contributed by atoms with Crippen LogP contribution in [0.3, 0.4) is 0 Å². The monoisotopic (exact) mass is 255 g/mol. The van der Waals surface area contributed by atoms with Crippen LogP contribution >= 0.6 is 44.1 Å². The van der Waals surface area contributed by atoms with Crippen molar-refractivity contribution in [2.45, 2.75) is 0 Å². The van der Waals surface area contributed by atoms with Crippen molar-refractivity contribution in [3.63, 3.8) is 0 Å². The SMILES string of the molecule is S=C=NC/C(Br)=C/Br. The maximum absolute atomic E-state index is 4.34. The Bertz CT molecular complexity index is 137. The second-order valence-corrected chi connectivity index (χ2v) is 2.62. The van der Waals surface area contributed by atoms with Gasteiger partial charge in [0.2, 0.25) is 0 Å². The first-order chi connectivity index (χ1) is 3.81. The molecule has 0 aliphatic rings. The van der Waals surface area contributed by atoms with Crippen molar-refractivity contribution >= 4 is 49.2 Å². The molecule has 0 unspecified atom stereocenters. The van der Waals surface area contributed by atoms with Crippen molar-refractivity contribution in [2.24, 2.45) is 4.99 Å². The van der Waals surface area contributed by atoms with Gasteiger partial charge in [-0.25, -0.2) is 4.99 Å². The van der Waals surface area contributed by atoms with E-state index in [1.54, 1.807) is 4.99 Å². The van der Waals surface area contributed by atoms with Gasteiger partial charge in [0.15, 0.2) is 0 Å². The van der Waals surface area contributed by atoms with Crippen molar-refractivity contribution in [1.82, 2.24) is 0 Å². The highest BCUT2D eigenvalue weighted by molar-refractivity contribution is 9.14. The molecule has 0 aromatic rings. The zero-order chi connectivity index (χ0) is 6.41. The average molecular weight is 257 g/mol. The summed E-state index contributed by atoms with van der Waals surface area (Å²) < 4.78 is 0.954.